The van der Waals surface area contributed by atoms with Crippen LogP contribution in [0.2, 0.25) is 0 Å². The van der Waals surface area contributed by atoms with Crippen molar-refractivity contribution in [1.29, 1.82) is 0 Å². The molecule has 2 N–H and O–H groups in total. The Morgan fingerprint density at radius 1 is 1.26 bits per heavy atom. The average Bonchev–Trinajstić information content (AvgIpc) is 3.08. The van der Waals surface area contributed by atoms with Crippen LogP contribution in [0.1, 0.15) is 44.6 Å². The van der Waals surface area contributed by atoms with E-state index < -0.39 is 0 Å². The Balaban J connectivity index is 1.90. The van der Waals surface area contributed by atoms with Crippen LogP contribution in [0.15, 0.2) is 24.3 Å². The van der Waals surface area contributed by atoms with Crippen molar-refractivity contribution in [2.75, 3.05) is 13.1 Å². The lowest BCUT2D eigenvalue weighted by Crippen LogP contribution is -2.41. The number of para-hydroxylation sites is 1. The molecule has 2 amide bonds. The fourth-order valence-electron chi connectivity index (χ4n) is 3.02. The summed E-state index contributed by atoms with van der Waals surface area (Å²) in [5.41, 5.74) is 0.719. The van der Waals surface area contributed by atoms with Crippen LogP contribution in [-0.2, 0) is 16.1 Å². The van der Waals surface area contributed by atoms with Crippen molar-refractivity contribution in [3.8, 4) is 5.75 Å². The second kappa shape index (κ2) is 8.56. The van der Waals surface area contributed by atoms with Crippen LogP contribution < -0.4 is 5.32 Å². The van der Waals surface area contributed by atoms with Crippen LogP contribution in [0.4, 0.5) is 0 Å². The quantitative estimate of drug-likeness (QED) is 0.811. The second-order valence-corrected chi connectivity index (χ2v) is 6.14. The van der Waals surface area contributed by atoms with E-state index >= 15 is 0 Å². The van der Waals surface area contributed by atoms with E-state index in [4.69, 9.17) is 0 Å². The summed E-state index contributed by atoms with van der Waals surface area (Å²) in [6.07, 6.45) is 4.88. The number of aromatic hydroxyl groups is 1. The third-order valence-corrected chi connectivity index (χ3v) is 4.34. The molecule has 0 unspecified atom stereocenters. The highest BCUT2D eigenvalue weighted by atomic mass is 16.3. The van der Waals surface area contributed by atoms with Crippen LogP contribution in [-0.4, -0.2) is 34.9 Å². The largest absolute Gasteiger partial charge is 0.508 e. The number of nitrogens with one attached hydrogen (secondary N) is 1. The Kier molecular flexibility index (Phi) is 6.44. The molecule has 0 bridgehead atoms. The van der Waals surface area contributed by atoms with E-state index in [0.29, 0.717) is 13.1 Å². The first-order valence-corrected chi connectivity index (χ1v) is 8.44. The van der Waals surface area contributed by atoms with Crippen molar-refractivity contribution < 1.29 is 14.7 Å². The molecule has 0 aromatic heterocycles. The summed E-state index contributed by atoms with van der Waals surface area (Å²) in [6.45, 7) is 3.00. The number of rotatable bonds is 7. The lowest BCUT2D eigenvalue weighted by molar-refractivity contribution is -0.134. The summed E-state index contributed by atoms with van der Waals surface area (Å²) in [5, 5.41) is 12.6. The van der Waals surface area contributed by atoms with E-state index in [-0.39, 0.29) is 30.0 Å². The minimum atomic E-state index is -0.110. The topological polar surface area (TPSA) is 69.6 Å². The van der Waals surface area contributed by atoms with Crippen LogP contribution in [0.3, 0.4) is 0 Å². The fraction of sp³-hybridized carbons (Fsp3) is 0.556. The number of carbonyl (C=O) groups is 2. The predicted molar refractivity (Wildman–Crippen MR) is 88.8 cm³/mol. The van der Waals surface area contributed by atoms with Gasteiger partial charge in [-0.2, -0.15) is 0 Å². The number of nitrogens with zero attached hydrogens (tertiary/aromatic N) is 1. The van der Waals surface area contributed by atoms with Crippen molar-refractivity contribution in [3.05, 3.63) is 29.8 Å². The molecule has 2 rings (SSSR count). The van der Waals surface area contributed by atoms with Gasteiger partial charge in [0.05, 0.1) is 6.54 Å². The minimum Gasteiger partial charge on any atom is -0.508 e. The molecule has 0 heterocycles. The molecule has 0 radical (unpaired) electrons. The van der Waals surface area contributed by atoms with Gasteiger partial charge in [0, 0.05) is 24.6 Å². The van der Waals surface area contributed by atoms with Crippen molar-refractivity contribution in [2.45, 2.75) is 45.6 Å². The molecule has 1 aliphatic carbocycles. The van der Waals surface area contributed by atoms with Gasteiger partial charge in [0.1, 0.15) is 5.75 Å². The molecule has 0 saturated heterocycles. The van der Waals surface area contributed by atoms with Gasteiger partial charge in [0.25, 0.3) is 0 Å². The molecule has 1 fully saturated rings. The number of phenols is 1. The van der Waals surface area contributed by atoms with Crippen molar-refractivity contribution >= 4 is 11.8 Å². The maximum Gasteiger partial charge on any atom is 0.242 e. The molecule has 5 heteroatoms. The zero-order valence-corrected chi connectivity index (χ0v) is 13.8. The Morgan fingerprint density at radius 2 is 1.96 bits per heavy atom. The fourth-order valence-corrected chi connectivity index (χ4v) is 3.02. The molecule has 23 heavy (non-hydrogen) atoms. The number of benzene rings is 1. The van der Waals surface area contributed by atoms with Crippen molar-refractivity contribution in [1.82, 2.24) is 10.2 Å². The summed E-state index contributed by atoms with van der Waals surface area (Å²) >= 11 is 0. The first-order chi connectivity index (χ1) is 11.1. The lowest BCUT2D eigenvalue weighted by atomic mass is 10.1. The van der Waals surface area contributed by atoms with Gasteiger partial charge in [-0.25, -0.2) is 0 Å². The summed E-state index contributed by atoms with van der Waals surface area (Å²) in [5.74, 6) is 0.147. The standard InChI is InChI=1S/C18H26N2O3/c1-2-11-20(13-15-9-5-6-10-16(15)21)17(22)12-19-18(23)14-7-3-4-8-14/h5-6,9-10,14,21H,2-4,7-8,11-13H2,1H3,(H,19,23). The van der Waals surface area contributed by atoms with Crippen LogP contribution in [0, 0.1) is 5.92 Å². The zero-order chi connectivity index (χ0) is 16.7. The monoisotopic (exact) mass is 318 g/mol. The molecule has 1 saturated carbocycles. The molecule has 0 aliphatic heterocycles. The number of amides is 2. The Morgan fingerprint density at radius 3 is 2.61 bits per heavy atom. The molecule has 1 aliphatic rings. The maximum absolute atomic E-state index is 12.4. The molecular formula is C18H26N2O3. The van der Waals surface area contributed by atoms with E-state index in [0.717, 1.165) is 37.7 Å². The van der Waals surface area contributed by atoms with Crippen molar-refractivity contribution in [2.24, 2.45) is 5.92 Å². The highest BCUT2D eigenvalue weighted by Gasteiger charge is 2.23. The van der Waals surface area contributed by atoms with E-state index in [2.05, 4.69) is 5.32 Å². The molecule has 1 aromatic carbocycles. The minimum absolute atomic E-state index is 0.00476. The Bertz CT molecular complexity index is 539. The second-order valence-electron chi connectivity index (χ2n) is 6.14. The first-order valence-electron chi connectivity index (χ1n) is 8.44. The SMILES string of the molecule is CCCN(Cc1ccccc1O)C(=O)CNC(=O)C1CCCC1. The molecule has 5 nitrogen and oxygen atoms in total. The third kappa shape index (κ3) is 4.98. The summed E-state index contributed by atoms with van der Waals surface area (Å²) < 4.78 is 0. The molecule has 1 aromatic rings. The lowest BCUT2D eigenvalue weighted by Gasteiger charge is -2.23. The van der Waals surface area contributed by atoms with Gasteiger partial charge < -0.3 is 15.3 Å². The van der Waals surface area contributed by atoms with Gasteiger partial charge in [-0.15, -0.1) is 0 Å². The molecule has 0 spiro atoms. The van der Waals surface area contributed by atoms with Gasteiger partial charge >= 0.3 is 0 Å². The molecule has 126 valence electrons. The molecule has 0 atom stereocenters. The smallest absolute Gasteiger partial charge is 0.242 e. The highest BCUT2D eigenvalue weighted by Crippen LogP contribution is 2.24. The Labute approximate surface area is 137 Å². The van der Waals surface area contributed by atoms with E-state index in [1.807, 2.05) is 19.1 Å². The average molecular weight is 318 g/mol. The summed E-state index contributed by atoms with van der Waals surface area (Å²) in [4.78, 5) is 26.1. The van der Waals surface area contributed by atoms with Gasteiger partial charge in [0.2, 0.25) is 11.8 Å². The van der Waals surface area contributed by atoms with Crippen LogP contribution in [0.25, 0.3) is 0 Å². The molecular weight excluding hydrogens is 292 g/mol. The van der Waals surface area contributed by atoms with E-state index in [1.165, 1.54) is 0 Å². The maximum atomic E-state index is 12.4. The van der Waals surface area contributed by atoms with Gasteiger partial charge in [-0.1, -0.05) is 38.0 Å². The highest BCUT2D eigenvalue weighted by molar-refractivity contribution is 5.86. The zero-order valence-electron chi connectivity index (χ0n) is 13.8. The third-order valence-electron chi connectivity index (χ3n) is 4.34. The van der Waals surface area contributed by atoms with E-state index in [1.54, 1.807) is 17.0 Å². The first kappa shape index (κ1) is 17.3. The predicted octanol–water partition coefficient (Wildman–Crippen LogP) is 2.44. The summed E-state index contributed by atoms with van der Waals surface area (Å²) in [6, 6.07) is 7.02. The number of phenolic OH excluding ortho intramolecular Hbond substituents is 1. The number of hydrogen-bond donors (Lipinski definition) is 2. The van der Waals surface area contributed by atoms with E-state index in [9.17, 15) is 14.7 Å². The van der Waals surface area contributed by atoms with Crippen molar-refractivity contribution in [3.63, 3.8) is 0 Å². The van der Waals surface area contributed by atoms with Gasteiger partial charge in [-0.3, -0.25) is 9.59 Å². The van der Waals surface area contributed by atoms with Gasteiger partial charge in [0.15, 0.2) is 0 Å². The number of hydrogen-bond acceptors (Lipinski definition) is 3. The van der Waals surface area contributed by atoms with Gasteiger partial charge in [-0.05, 0) is 25.3 Å². The normalized spacial score (nSPS) is 14.7. The Hall–Kier alpha value is -2.04. The van der Waals surface area contributed by atoms with Crippen LogP contribution >= 0.6 is 0 Å². The number of carbonyl (C=O) groups excluding carboxylic acids is 2. The summed E-state index contributed by atoms with van der Waals surface area (Å²) in [7, 11) is 0. The van der Waals surface area contributed by atoms with Crippen LogP contribution in [0.5, 0.6) is 5.75 Å².